The van der Waals surface area contributed by atoms with Gasteiger partial charge >= 0.3 is 0 Å². The Balaban J connectivity index is 3.58. The lowest BCUT2D eigenvalue weighted by molar-refractivity contribution is 0.213. The van der Waals surface area contributed by atoms with Crippen LogP contribution in [0.1, 0.15) is 19.3 Å². The summed E-state index contributed by atoms with van der Waals surface area (Å²) in [4.78, 5) is 4.53. The molecule has 0 aromatic heterocycles. The molecule has 0 saturated heterocycles. The van der Waals surface area contributed by atoms with Crippen LogP contribution in [0.2, 0.25) is 0 Å². The molecule has 0 bridgehead atoms. The molecule has 1 aromatic rings. The quantitative estimate of drug-likeness (QED) is 0.472. The van der Waals surface area contributed by atoms with E-state index in [1.54, 1.807) is 0 Å². The molecule has 0 aliphatic carbocycles. The Morgan fingerprint density at radius 2 is 2.09 bits per heavy atom. The van der Waals surface area contributed by atoms with Gasteiger partial charge in [0.2, 0.25) is 0 Å². The molecule has 11 heavy (non-hydrogen) atoms. The van der Waals surface area contributed by atoms with Gasteiger partial charge in [0, 0.05) is 0 Å². The van der Waals surface area contributed by atoms with Crippen LogP contribution in [0.25, 0.3) is 0 Å². The molecule has 0 fully saturated rings. The zero-order valence-corrected chi connectivity index (χ0v) is 6.36. The van der Waals surface area contributed by atoms with Gasteiger partial charge in [-0.3, -0.25) is 0 Å². The van der Waals surface area contributed by atoms with Gasteiger partial charge in [0.05, 0.1) is 12.6 Å². The van der Waals surface area contributed by atoms with Crippen LogP contribution in [-0.2, 0) is 4.84 Å². The third-order valence-corrected chi connectivity index (χ3v) is 1.09. The van der Waals surface area contributed by atoms with Crippen molar-refractivity contribution in [2.24, 2.45) is 5.16 Å². The smallest absolute Gasteiger partial charge is 0.106 e. The van der Waals surface area contributed by atoms with Crippen molar-refractivity contribution in [3.63, 3.8) is 0 Å². The molecule has 2 nitrogen and oxygen atoms in total. The van der Waals surface area contributed by atoms with E-state index < -0.39 is 6.04 Å². The molecule has 0 aliphatic heterocycles. The number of nitrogens with zero attached hydrogens (tertiary/aromatic N) is 1. The molecule has 0 N–H and O–H groups in total. The van der Waals surface area contributed by atoms with E-state index in [2.05, 4.69) is 9.99 Å². The first-order valence-electron chi connectivity index (χ1n) is 5.56. The molecule has 2 heteroatoms. The molecule has 1 aromatic carbocycles. The Morgan fingerprint density at radius 3 is 2.64 bits per heavy atom. The van der Waals surface area contributed by atoms with Crippen molar-refractivity contribution >= 4 is 5.71 Å². The number of hydrogen-bond donors (Lipinski definition) is 0. The third kappa shape index (κ3) is 2.08. The molecule has 1 rings (SSSR count). The van der Waals surface area contributed by atoms with E-state index in [1.807, 2.05) is 0 Å². The van der Waals surface area contributed by atoms with Crippen molar-refractivity contribution in [2.45, 2.75) is 6.92 Å². The van der Waals surface area contributed by atoms with Gasteiger partial charge in [-0.15, -0.1) is 0 Å². The summed E-state index contributed by atoms with van der Waals surface area (Å²) in [6, 6.07) is -1.71. The molecule has 0 radical (unpaired) electrons. The number of hydrogen-bond acceptors (Lipinski definition) is 2. The molecule has 0 spiro atoms. The highest BCUT2D eigenvalue weighted by atomic mass is 16.6. The van der Waals surface area contributed by atoms with Crippen LogP contribution in [0.15, 0.2) is 35.4 Å². The Hall–Kier alpha value is -1.31. The first-order chi connectivity index (χ1) is 7.41. The second-order valence-electron chi connectivity index (χ2n) is 1.86. The maximum Gasteiger partial charge on any atom is 0.106 e. The average Bonchev–Trinajstić information content (AvgIpc) is 2.24. The molecule has 0 heterocycles. The van der Waals surface area contributed by atoms with Crippen LogP contribution < -0.4 is 0 Å². The second-order valence-corrected chi connectivity index (χ2v) is 1.86. The van der Waals surface area contributed by atoms with E-state index in [4.69, 9.17) is 6.85 Å². The van der Waals surface area contributed by atoms with Crippen LogP contribution in [0.5, 0.6) is 0 Å². The first kappa shape index (κ1) is 3.39. The van der Waals surface area contributed by atoms with E-state index in [0.29, 0.717) is 0 Å². The lowest BCUT2D eigenvalue weighted by Crippen LogP contribution is -1.93. The Labute approximate surface area is 73.5 Å². The summed E-state index contributed by atoms with van der Waals surface area (Å²) in [5.41, 5.74) is 0.312. The minimum Gasteiger partial charge on any atom is -0.399 e. The summed E-state index contributed by atoms with van der Waals surface area (Å²) in [5, 5.41) is 3.58. The van der Waals surface area contributed by atoms with E-state index in [-0.39, 0.29) is 35.4 Å². The maximum atomic E-state index is 7.64. The van der Waals surface area contributed by atoms with E-state index >= 15 is 0 Å². The van der Waals surface area contributed by atoms with Gasteiger partial charge in [0.25, 0.3) is 0 Å². The van der Waals surface area contributed by atoms with Gasteiger partial charge in [-0.25, -0.2) is 0 Å². The first-order valence-corrected chi connectivity index (χ1v) is 3.06. The van der Waals surface area contributed by atoms with E-state index in [1.165, 1.54) is 14.0 Å². The summed E-state index contributed by atoms with van der Waals surface area (Å²) < 4.78 is 37.6. The summed E-state index contributed by atoms with van der Waals surface area (Å²) in [5.74, 6) is 0. The highest BCUT2D eigenvalue weighted by molar-refractivity contribution is 5.98. The lowest BCUT2D eigenvalue weighted by atomic mass is 10.1. The Kier molecular flexibility index (Phi) is 1.16. The van der Waals surface area contributed by atoms with Gasteiger partial charge in [0.15, 0.2) is 0 Å². The van der Waals surface area contributed by atoms with Gasteiger partial charge < -0.3 is 4.84 Å². The van der Waals surface area contributed by atoms with Crippen molar-refractivity contribution < 1.29 is 11.7 Å². The van der Waals surface area contributed by atoms with Crippen LogP contribution in [0, 0.1) is 0 Å². The fraction of sp³-hybridized carbons (Fsp3) is 0.222. The summed E-state index contributed by atoms with van der Waals surface area (Å²) in [6.45, 7) is 1.53. The molecule has 0 atom stereocenters. The maximum absolute atomic E-state index is 7.64. The number of rotatable bonds is 2. The average molecular weight is 154 g/mol. The second kappa shape index (κ2) is 3.76. The predicted octanol–water partition coefficient (Wildman–Crippen LogP) is 2.06. The SMILES string of the molecule is [2H]c1c([2H])c([2H])c(/C(C)=N/OC)c([2H])c1[2H]. The van der Waals surface area contributed by atoms with Crippen LogP contribution in [0.4, 0.5) is 0 Å². The topological polar surface area (TPSA) is 21.6 Å². The summed E-state index contributed by atoms with van der Waals surface area (Å²) in [7, 11) is 1.33. The number of oxime groups is 1. The molecule has 0 unspecified atom stereocenters. The van der Waals surface area contributed by atoms with Crippen molar-refractivity contribution in [3.05, 3.63) is 35.8 Å². The van der Waals surface area contributed by atoms with Gasteiger partial charge in [-0.05, 0) is 12.5 Å². The van der Waals surface area contributed by atoms with Crippen molar-refractivity contribution in [2.75, 3.05) is 7.11 Å². The lowest BCUT2D eigenvalue weighted by Gasteiger charge is -1.97. The summed E-state index contributed by atoms with van der Waals surface area (Å²) in [6.07, 6.45) is 0. The predicted molar refractivity (Wildman–Crippen MR) is 45.7 cm³/mol. The monoisotopic (exact) mass is 154 g/mol. The van der Waals surface area contributed by atoms with Gasteiger partial charge in [0.1, 0.15) is 7.11 Å². The standard InChI is InChI=1S/C9H11NO/c1-8(10-11-2)9-6-4-3-5-7-9/h3-7H,1-2H3/b10-8+/i3D,4D,5D,6D,7D. The molecule has 58 valence electrons. The fourth-order valence-corrected chi connectivity index (χ4v) is 0.613. The highest BCUT2D eigenvalue weighted by Gasteiger charge is 1.93. The normalized spacial score (nSPS) is 17.6. The number of benzene rings is 1. The van der Waals surface area contributed by atoms with E-state index in [0.717, 1.165) is 0 Å². The molecule has 0 aliphatic rings. The van der Waals surface area contributed by atoms with Gasteiger partial charge in [-0.1, -0.05) is 35.4 Å². The zero-order valence-electron chi connectivity index (χ0n) is 11.4. The van der Waals surface area contributed by atoms with Crippen LogP contribution in [-0.4, -0.2) is 12.8 Å². The fourth-order valence-electron chi connectivity index (χ4n) is 0.613. The summed E-state index contributed by atoms with van der Waals surface area (Å²) >= 11 is 0. The molecule has 0 saturated carbocycles. The van der Waals surface area contributed by atoms with E-state index in [9.17, 15) is 0 Å². The van der Waals surface area contributed by atoms with Crippen LogP contribution in [0.3, 0.4) is 0 Å². The van der Waals surface area contributed by atoms with Crippen LogP contribution >= 0.6 is 0 Å². The van der Waals surface area contributed by atoms with Crippen molar-refractivity contribution in [1.29, 1.82) is 0 Å². The third-order valence-electron chi connectivity index (χ3n) is 1.09. The largest absolute Gasteiger partial charge is 0.399 e. The Bertz CT molecular complexity index is 429. The van der Waals surface area contributed by atoms with Gasteiger partial charge in [-0.2, -0.15) is 0 Å². The van der Waals surface area contributed by atoms with Crippen molar-refractivity contribution in [1.82, 2.24) is 0 Å². The highest BCUT2D eigenvalue weighted by Crippen LogP contribution is 2.00. The minimum absolute atomic E-state index is 0.0628. The van der Waals surface area contributed by atoms with Crippen molar-refractivity contribution in [3.8, 4) is 0 Å². The molecular formula is C9H11NO. The Morgan fingerprint density at radius 1 is 1.45 bits per heavy atom. The molecular weight excluding hydrogens is 138 g/mol. The molecule has 0 amide bonds. The zero-order chi connectivity index (χ0) is 12.5. The minimum atomic E-state index is -0.413.